The molecule has 0 radical (unpaired) electrons. The highest BCUT2D eigenvalue weighted by Gasteiger charge is 2.17. The highest BCUT2D eigenvalue weighted by Crippen LogP contribution is 2.21. The minimum absolute atomic E-state index is 0.169. The quantitative estimate of drug-likeness (QED) is 0.479. The molecule has 4 rings (SSSR count). The van der Waals surface area contributed by atoms with Crippen LogP contribution in [-0.4, -0.2) is 21.8 Å². The molecule has 0 spiro atoms. The third-order valence-corrected chi connectivity index (χ3v) is 4.58. The summed E-state index contributed by atoms with van der Waals surface area (Å²) in [5.74, 6) is 0.0833. The summed E-state index contributed by atoms with van der Waals surface area (Å²) in [6.45, 7) is 2.65. The Hall–Kier alpha value is -3.67. The second-order valence-electron chi connectivity index (χ2n) is 6.54. The van der Waals surface area contributed by atoms with Crippen molar-refractivity contribution in [1.82, 2.24) is 9.38 Å². The Morgan fingerprint density at radius 3 is 2.69 bits per heavy atom. The SMILES string of the molecule is CCN(C(=O)c1cccc(OCc2cn3ccccc3n2)c1)c1ccc(F)cc1. The van der Waals surface area contributed by atoms with Crippen molar-refractivity contribution >= 4 is 17.2 Å². The number of imidazole rings is 1. The van der Waals surface area contributed by atoms with Crippen molar-refractivity contribution in [2.24, 2.45) is 0 Å². The first-order valence-corrected chi connectivity index (χ1v) is 9.37. The van der Waals surface area contributed by atoms with Crippen LogP contribution in [0.1, 0.15) is 23.0 Å². The number of hydrogen-bond acceptors (Lipinski definition) is 3. The lowest BCUT2D eigenvalue weighted by molar-refractivity contribution is 0.0988. The summed E-state index contributed by atoms with van der Waals surface area (Å²) < 4.78 is 21.0. The molecule has 0 saturated heterocycles. The number of anilines is 1. The molecule has 0 bridgehead atoms. The van der Waals surface area contributed by atoms with E-state index in [-0.39, 0.29) is 11.7 Å². The maximum Gasteiger partial charge on any atom is 0.258 e. The van der Waals surface area contributed by atoms with Gasteiger partial charge in [-0.15, -0.1) is 0 Å². The number of carbonyl (C=O) groups is 1. The maximum absolute atomic E-state index is 13.2. The monoisotopic (exact) mass is 389 g/mol. The zero-order valence-electron chi connectivity index (χ0n) is 16.0. The van der Waals surface area contributed by atoms with Crippen LogP contribution >= 0.6 is 0 Å². The fourth-order valence-electron chi connectivity index (χ4n) is 3.15. The standard InChI is InChI=1S/C23H20FN3O2/c1-2-27(20-11-9-18(24)10-12-20)23(28)17-6-5-7-21(14-17)29-16-19-15-26-13-4-3-8-22(26)25-19/h3-15H,2,16H2,1H3. The van der Waals surface area contributed by atoms with Gasteiger partial charge < -0.3 is 14.0 Å². The highest BCUT2D eigenvalue weighted by molar-refractivity contribution is 6.06. The lowest BCUT2D eigenvalue weighted by atomic mass is 10.1. The summed E-state index contributed by atoms with van der Waals surface area (Å²) in [5, 5.41) is 0. The predicted octanol–water partition coefficient (Wildman–Crippen LogP) is 4.72. The molecule has 0 fully saturated rings. The number of aromatic nitrogens is 2. The number of fused-ring (bicyclic) bond motifs is 1. The van der Waals surface area contributed by atoms with E-state index in [1.807, 2.05) is 41.9 Å². The lowest BCUT2D eigenvalue weighted by Crippen LogP contribution is -2.30. The van der Waals surface area contributed by atoms with E-state index in [4.69, 9.17) is 4.74 Å². The van der Waals surface area contributed by atoms with Gasteiger partial charge in [-0.3, -0.25) is 4.79 Å². The lowest BCUT2D eigenvalue weighted by Gasteiger charge is -2.21. The smallest absolute Gasteiger partial charge is 0.258 e. The molecule has 5 nitrogen and oxygen atoms in total. The van der Waals surface area contributed by atoms with Crippen molar-refractivity contribution < 1.29 is 13.9 Å². The number of nitrogens with zero attached hydrogens (tertiary/aromatic N) is 3. The zero-order chi connectivity index (χ0) is 20.2. The van der Waals surface area contributed by atoms with Crippen molar-refractivity contribution in [3.8, 4) is 5.75 Å². The predicted molar refractivity (Wildman–Crippen MR) is 110 cm³/mol. The Bertz CT molecular complexity index is 1110. The fraction of sp³-hybridized carbons (Fsp3) is 0.130. The summed E-state index contributed by atoms with van der Waals surface area (Å²) in [6, 6.07) is 18.7. The van der Waals surface area contributed by atoms with Gasteiger partial charge >= 0.3 is 0 Å². The third kappa shape index (κ3) is 4.11. The molecule has 0 aliphatic rings. The van der Waals surface area contributed by atoms with Crippen molar-refractivity contribution in [1.29, 1.82) is 0 Å². The molecule has 1 amide bonds. The van der Waals surface area contributed by atoms with Crippen LogP contribution in [0.3, 0.4) is 0 Å². The Labute approximate surface area is 168 Å². The van der Waals surface area contributed by atoms with Crippen LogP contribution in [-0.2, 0) is 6.61 Å². The van der Waals surface area contributed by atoms with Gasteiger partial charge in [0.1, 0.15) is 23.8 Å². The Kier molecular flexibility index (Phi) is 5.24. The number of pyridine rings is 1. The van der Waals surface area contributed by atoms with Crippen LogP contribution in [0.5, 0.6) is 5.75 Å². The van der Waals surface area contributed by atoms with E-state index in [9.17, 15) is 9.18 Å². The highest BCUT2D eigenvalue weighted by atomic mass is 19.1. The summed E-state index contributed by atoms with van der Waals surface area (Å²) in [5.41, 5.74) is 2.81. The molecule has 2 heterocycles. The van der Waals surface area contributed by atoms with E-state index >= 15 is 0 Å². The third-order valence-electron chi connectivity index (χ3n) is 4.58. The number of ether oxygens (including phenoxy) is 1. The van der Waals surface area contributed by atoms with Gasteiger partial charge in [-0.05, 0) is 61.5 Å². The minimum Gasteiger partial charge on any atom is -0.487 e. The Balaban J connectivity index is 1.49. The van der Waals surface area contributed by atoms with Crippen molar-refractivity contribution in [3.05, 3.63) is 96.2 Å². The van der Waals surface area contributed by atoms with Gasteiger partial charge in [-0.1, -0.05) is 12.1 Å². The molecule has 146 valence electrons. The van der Waals surface area contributed by atoms with Crippen LogP contribution in [0.4, 0.5) is 10.1 Å². The van der Waals surface area contributed by atoms with E-state index in [0.717, 1.165) is 11.3 Å². The van der Waals surface area contributed by atoms with Crippen LogP contribution < -0.4 is 9.64 Å². The largest absolute Gasteiger partial charge is 0.487 e. The van der Waals surface area contributed by atoms with Crippen molar-refractivity contribution in [2.75, 3.05) is 11.4 Å². The fourth-order valence-corrected chi connectivity index (χ4v) is 3.15. The first-order valence-electron chi connectivity index (χ1n) is 9.37. The maximum atomic E-state index is 13.2. The summed E-state index contributed by atoms with van der Waals surface area (Å²) in [4.78, 5) is 19.1. The number of rotatable bonds is 6. The first-order chi connectivity index (χ1) is 14.1. The second-order valence-corrected chi connectivity index (χ2v) is 6.54. The number of hydrogen-bond donors (Lipinski definition) is 0. The van der Waals surface area contributed by atoms with E-state index in [2.05, 4.69) is 4.98 Å². The van der Waals surface area contributed by atoms with E-state index in [0.29, 0.717) is 30.2 Å². The number of carbonyl (C=O) groups excluding carboxylic acids is 1. The summed E-state index contributed by atoms with van der Waals surface area (Å²) in [6.07, 6.45) is 3.84. The molecule has 4 aromatic rings. The molecule has 0 N–H and O–H groups in total. The second kappa shape index (κ2) is 8.14. The van der Waals surface area contributed by atoms with Crippen LogP contribution in [0.2, 0.25) is 0 Å². The van der Waals surface area contributed by atoms with Crippen molar-refractivity contribution in [2.45, 2.75) is 13.5 Å². The molecule has 0 atom stereocenters. The van der Waals surface area contributed by atoms with Crippen molar-refractivity contribution in [3.63, 3.8) is 0 Å². The topological polar surface area (TPSA) is 46.8 Å². The van der Waals surface area contributed by atoms with E-state index < -0.39 is 0 Å². The average molecular weight is 389 g/mol. The van der Waals surface area contributed by atoms with E-state index in [1.165, 1.54) is 12.1 Å². The van der Waals surface area contributed by atoms with Crippen LogP contribution in [0, 0.1) is 5.82 Å². The number of amides is 1. The van der Waals surface area contributed by atoms with Crippen LogP contribution in [0.15, 0.2) is 79.1 Å². The normalized spacial score (nSPS) is 10.8. The average Bonchev–Trinajstić information content (AvgIpc) is 3.17. The van der Waals surface area contributed by atoms with Gasteiger partial charge in [-0.2, -0.15) is 0 Å². The molecular formula is C23H20FN3O2. The molecule has 2 aromatic carbocycles. The number of benzene rings is 2. The molecule has 0 aliphatic heterocycles. The Morgan fingerprint density at radius 2 is 1.93 bits per heavy atom. The zero-order valence-corrected chi connectivity index (χ0v) is 16.0. The first kappa shape index (κ1) is 18.7. The minimum atomic E-state index is -0.334. The van der Waals surface area contributed by atoms with Gasteiger partial charge in [0.15, 0.2) is 0 Å². The summed E-state index contributed by atoms with van der Waals surface area (Å²) >= 11 is 0. The van der Waals surface area contributed by atoms with Gasteiger partial charge in [0, 0.05) is 30.2 Å². The van der Waals surface area contributed by atoms with E-state index in [1.54, 1.807) is 41.3 Å². The van der Waals surface area contributed by atoms with Gasteiger partial charge in [-0.25, -0.2) is 9.37 Å². The van der Waals surface area contributed by atoms with Gasteiger partial charge in [0.25, 0.3) is 5.91 Å². The molecule has 0 aliphatic carbocycles. The summed E-state index contributed by atoms with van der Waals surface area (Å²) in [7, 11) is 0. The Morgan fingerprint density at radius 1 is 1.10 bits per heavy atom. The molecule has 0 unspecified atom stereocenters. The molecule has 29 heavy (non-hydrogen) atoms. The van der Waals surface area contributed by atoms with Gasteiger partial charge in [0.05, 0.1) is 5.69 Å². The molecule has 6 heteroatoms. The van der Waals surface area contributed by atoms with Gasteiger partial charge in [0.2, 0.25) is 0 Å². The number of halogens is 1. The molecular weight excluding hydrogens is 369 g/mol. The molecule has 2 aromatic heterocycles. The van der Waals surface area contributed by atoms with Crippen LogP contribution in [0.25, 0.3) is 5.65 Å². The molecule has 0 saturated carbocycles.